The number of nitrogens with zero attached hydrogens (tertiary/aromatic N) is 7. The van der Waals surface area contributed by atoms with Gasteiger partial charge >= 0.3 is 0 Å². The summed E-state index contributed by atoms with van der Waals surface area (Å²) in [5.41, 5.74) is 8.79. The number of hydrogen-bond acceptors (Lipinski definition) is 6. The maximum atomic E-state index is 5.12. The molecule has 0 atom stereocenters. The van der Waals surface area contributed by atoms with Gasteiger partial charge in [-0.3, -0.25) is 9.97 Å². The Balaban J connectivity index is 0.00000413. The van der Waals surface area contributed by atoms with Crippen LogP contribution in [0.3, 0.4) is 0 Å². The van der Waals surface area contributed by atoms with Crippen LogP contribution >= 0.6 is 0 Å². The minimum atomic E-state index is -0.0290. The van der Waals surface area contributed by atoms with Gasteiger partial charge in [-0.2, -0.15) is 6.67 Å². The SMILES string of the molecule is CC(C)N1[CH-]N(c2[c-]c(-c3nc(-c4[c-]c5c(cc4)c4ccccc4n5-c4cc(C(C)(C)C)ccn4)nc(-c4ccccc4)n3)ccc2)c2ccccc21.[Pt]. The molecule has 7 nitrogen and oxygen atoms in total. The van der Waals surface area contributed by atoms with Crippen LogP contribution in [-0.4, -0.2) is 30.5 Å². The average molecular weight is 884 g/mol. The Hall–Kier alpha value is -5.65. The van der Waals surface area contributed by atoms with E-state index in [-0.39, 0.29) is 26.5 Å². The van der Waals surface area contributed by atoms with Crippen molar-refractivity contribution < 1.29 is 21.1 Å². The van der Waals surface area contributed by atoms with Crippen molar-refractivity contribution in [2.45, 2.75) is 46.1 Å². The molecule has 0 radical (unpaired) electrons. The van der Waals surface area contributed by atoms with Crippen molar-refractivity contribution in [2.75, 3.05) is 9.80 Å². The molecule has 0 unspecified atom stereocenters. The maximum Gasteiger partial charge on any atom is 0.144 e. The topological polar surface area (TPSA) is 63.0 Å². The summed E-state index contributed by atoms with van der Waals surface area (Å²) < 4.78 is 2.20. The zero-order chi connectivity index (χ0) is 36.3. The predicted molar refractivity (Wildman–Crippen MR) is 215 cm³/mol. The van der Waals surface area contributed by atoms with Gasteiger partial charge in [0.05, 0.1) is 11.6 Å². The Morgan fingerprint density at radius 1 is 0.648 bits per heavy atom. The molecule has 3 aromatic heterocycles. The van der Waals surface area contributed by atoms with Gasteiger partial charge in [0.1, 0.15) is 11.6 Å². The smallest absolute Gasteiger partial charge is 0.144 e. The van der Waals surface area contributed by atoms with Gasteiger partial charge in [-0.1, -0.05) is 92.5 Å². The van der Waals surface area contributed by atoms with E-state index in [0.29, 0.717) is 23.5 Å². The first kappa shape index (κ1) is 35.4. The molecule has 0 amide bonds. The van der Waals surface area contributed by atoms with Gasteiger partial charge in [-0.25, -0.2) is 4.98 Å². The summed E-state index contributed by atoms with van der Waals surface area (Å²) in [4.78, 5) is 24.5. The summed E-state index contributed by atoms with van der Waals surface area (Å²) in [6.45, 7) is 13.2. The molecule has 0 saturated heterocycles. The second-order valence-corrected chi connectivity index (χ2v) is 14.7. The molecule has 8 aromatic rings. The Kier molecular flexibility index (Phi) is 9.15. The van der Waals surface area contributed by atoms with Crippen LogP contribution < -0.4 is 9.80 Å². The fraction of sp³-hybridized carbons (Fsp3) is 0.152. The number of rotatable bonds is 6. The predicted octanol–water partition coefficient (Wildman–Crippen LogP) is 10.7. The summed E-state index contributed by atoms with van der Waals surface area (Å²) in [5, 5.41) is 2.22. The number of aromatic nitrogens is 5. The quantitative estimate of drug-likeness (QED) is 0.155. The van der Waals surface area contributed by atoms with E-state index in [9.17, 15) is 0 Å². The van der Waals surface area contributed by atoms with Crippen LogP contribution in [0.15, 0.2) is 128 Å². The molecule has 8 heteroatoms. The molecular weight excluding hydrogens is 846 g/mol. The second-order valence-electron chi connectivity index (χ2n) is 14.7. The summed E-state index contributed by atoms with van der Waals surface area (Å²) >= 11 is 0. The number of para-hydroxylation sites is 3. The van der Waals surface area contributed by atoms with Gasteiger partial charge in [0.2, 0.25) is 0 Å². The molecule has 270 valence electrons. The third-order valence-electron chi connectivity index (χ3n) is 9.83. The summed E-state index contributed by atoms with van der Waals surface area (Å²) in [5.74, 6) is 2.51. The van der Waals surface area contributed by atoms with Crippen molar-refractivity contribution in [2.24, 2.45) is 0 Å². The van der Waals surface area contributed by atoms with E-state index in [0.717, 1.165) is 55.7 Å². The normalized spacial score (nSPS) is 12.8. The maximum absolute atomic E-state index is 5.12. The van der Waals surface area contributed by atoms with Crippen molar-refractivity contribution in [1.82, 2.24) is 24.5 Å². The van der Waals surface area contributed by atoms with E-state index in [4.69, 9.17) is 19.9 Å². The summed E-state index contributed by atoms with van der Waals surface area (Å²) in [7, 11) is 0. The summed E-state index contributed by atoms with van der Waals surface area (Å²) in [6, 6.07) is 49.2. The zero-order valence-corrected chi connectivity index (χ0v) is 33.0. The standard InChI is InChI=1S/C46H38N7.Pt/c1-30(2)51-29-52(40-21-12-11-20-39(40)51)35-17-13-16-32(26-35)44-48-43(31-14-7-6-8-15-31)49-45(50-44)33-22-23-37-36-18-9-10-19-38(36)53(41(37)27-33)42-28-34(24-25-47-42)46(3,4)5;/h6-25,28-30H,1-5H3;/q-3;. The molecule has 54 heavy (non-hydrogen) atoms. The van der Waals surface area contributed by atoms with Gasteiger partial charge in [0, 0.05) is 49.7 Å². The first-order chi connectivity index (χ1) is 25.7. The van der Waals surface area contributed by atoms with Crippen LogP contribution in [-0.2, 0) is 26.5 Å². The van der Waals surface area contributed by atoms with Crippen molar-refractivity contribution in [1.29, 1.82) is 0 Å². The first-order valence-corrected chi connectivity index (χ1v) is 18.0. The fourth-order valence-corrected chi connectivity index (χ4v) is 7.07. The van der Waals surface area contributed by atoms with E-state index in [2.05, 4.69) is 147 Å². The third kappa shape index (κ3) is 6.26. The number of hydrogen-bond donors (Lipinski definition) is 0. The minimum Gasteiger partial charge on any atom is -0.499 e. The van der Waals surface area contributed by atoms with Gasteiger partial charge in [-0.15, -0.1) is 53.6 Å². The molecular formula is C46H38N7Pt-3. The molecule has 0 N–H and O–H groups in total. The second kappa shape index (κ2) is 14.0. The van der Waals surface area contributed by atoms with Crippen LogP contribution in [0, 0.1) is 18.8 Å². The Morgan fingerprint density at radius 3 is 2.09 bits per heavy atom. The van der Waals surface area contributed by atoms with Gasteiger partial charge in [-0.05, 0) is 72.1 Å². The zero-order valence-electron chi connectivity index (χ0n) is 30.7. The van der Waals surface area contributed by atoms with Crippen molar-refractivity contribution >= 4 is 38.9 Å². The van der Waals surface area contributed by atoms with Gasteiger partial charge in [0.25, 0.3) is 0 Å². The monoisotopic (exact) mass is 883 g/mol. The Bertz CT molecular complexity index is 2640. The molecule has 4 heterocycles. The Morgan fingerprint density at radius 2 is 1.33 bits per heavy atom. The fourth-order valence-electron chi connectivity index (χ4n) is 7.07. The van der Waals surface area contributed by atoms with E-state index in [1.165, 1.54) is 11.3 Å². The number of pyridine rings is 1. The number of fused-ring (bicyclic) bond motifs is 4. The van der Waals surface area contributed by atoms with Crippen LogP contribution in [0.4, 0.5) is 17.1 Å². The van der Waals surface area contributed by atoms with Crippen LogP contribution in [0.25, 0.3) is 61.8 Å². The van der Waals surface area contributed by atoms with E-state index >= 15 is 0 Å². The van der Waals surface area contributed by atoms with Crippen LogP contribution in [0.2, 0.25) is 0 Å². The molecule has 1 aliphatic rings. The number of benzene rings is 5. The molecule has 1 aliphatic heterocycles. The van der Waals surface area contributed by atoms with Crippen LogP contribution in [0.1, 0.15) is 40.2 Å². The molecule has 0 aliphatic carbocycles. The molecule has 0 spiro atoms. The molecule has 0 fully saturated rings. The van der Waals surface area contributed by atoms with E-state index in [1.54, 1.807) is 0 Å². The molecule has 0 saturated carbocycles. The van der Waals surface area contributed by atoms with Crippen molar-refractivity contribution in [3.05, 3.63) is 152 Å². The average Bonchev–Trinajstić information content (AvgIpc) is 3.74. The molecule has 5 aromatic carbocycles. The largest absolute Gasteiger partial charge is 0.499 e. The van der Waals surface area contributed by atoms with Crippen molar-refractivity contribution in [3.63, 3.8) is 0 Å². The van der Waals surface area contributed by atoms with Gasteiger partial charge < -0.3 is 19.4 Å². The Labute approximate surface area is 330 Å². The van der Waals surface area contributed by atoms with E-state index < -0.39 is 0 Å². The molecule has 0 bridgehead atoms. The van der Waals surface area contributed by atoms with Gasteiger partial charge in [0.15, 0.2) is 0 Å². The number of anilines is 3. The van der Waals surface area contributed by atoms with E-state index in [1.807, 2.05) is 48.7 Å². The van der Waals surface area contributed by atoms with Crippen molar-refractivity contribution in [3.8, 4) is 40.0 Å². The summed E-state index contributed by atoms with van der Waals surface area (Å²) in [6.07, 6.45) is 1.90. The first-order valence-electron chi connectivity index (χ1n) is 18.0. The minimum absolute atomic E-state index is 0. The molecule has 9 rings (SSSR count). The van der Waals surface area contributed by atoms with Crippen LogP contribution in [0.5, 0.6) is 0 Å². The third-order valence-corrected chi connectivity index (χ3v) is 9.83.